The van der Waals surface area contributed by atoms with Gasteiger partial charge >= 0.3 is 0 Å². The average Bonchev–Trinajstić information content (AvgIpc) is 3.08. The van der Waals surface area contributed by atoms with Crippen LogP contribution in [0.2, 0.25) is 0 Å². The number of hydrogen-bond acceptors (Lipinski definition) is 5. The van der Waals surface area contributed by atoms with Crippen molar-refractivity contribution in [3.63, 3.8) is 0 Å². The van der Waals surface area contributed by atoms with E-state index < -0.39 is 0 Å². The van der Waals surface area contributed by atoms with Crippen LogP contribution in [0.4, 0.5) is 4.39 Å². The molecule has 0 saturated carbocycles. The number of methoxy groups -OCH3 is 1. The molecule has 1 atom stereocenters. The van der Waals surface area contributed by atoms with E-state index in [0.717, 1.165) is 19.5 Å². The van der Waals surface area contributed by atoms with Gasteiger partial charge in [-0.05, 0) is 24.6 Å². The van der Waals surface area contributed by atoms with Crippen molar-refractivity contribution in [2.24, 2.45) is 0 Å². The summed E-state index contributed by atoms with van der Waals surface area (Å²) in [6.07, 6.45) is 1.29. The molecule has 106 valence electrons. The Hall–Kier alpha value is -1.79. The first-order valence-corrected chi connectivity index (χ1v) is 6.58. The van der Waals surface area contributed by atoms with Crippen molar-refractivity contribution in [2.45, 2.75) is 19.1 Å². The van der Waals surface area contributed by atoms with Crippen molar-refractivity contribution in [3.05, 3.63) is 36.0 Å². The Morgan fingerprint density at radius 1 is 1.45 bits per heavy atom. The second-order valence-electron chi connectivity index (χ2n) is 4.89. The van der Waals surface area contributed by atoms with Crippen molar-refractivity contribution < 1.29 is 13.5 Å². The number of likely N-dealkylation sites (tertiary alicyclic amines) is 1. The van der Waals surface area contributed by atoms with Gasteiger partial charge < -0.3 is 9.15 Å². The maximum absolute atomic E-state index is 13.2. The summed E-state index contributed by atoms with van der Waals surface area (Å²) in [6, 6.07) is 6.14. The van der Waals surface area contributed by atoms with E-state index in [1.54, 1.807) is 19.2 Å². The molecular formula is C14H16FN3O2. The van der Waals surface area contributed by atoms with Crippen LogP contribution in [0.3, 0.4) is 0 Å². The minimum Gasteiger partial charge on any atom is -0.419 e. The molecule has 6 heteroatoms. The van der Waals surface area contributed by atoms with E-state index in [2.05, 4.69) is 15.1 Å². The van der Waals surface area contributed by atoms with E-state index in [-0.39, 0.29) is 11.9 Å². The predicted octanol–water partition coefficient (Wildman–Crippen LogP) is 2.10. The fourth-order valence-corrected chi connectivity index (χ4v) is 2.38. The van der Waals surface area contributed by atoms with Gasteiger partial charge in [0.2, 0.25) is 11.8 Å². The van der Waals surface area contributed by atoms with Crippen LogP contribution in [0, 0.1) is 5.82 Å². The highest BCUT2D eigenvalue weighted by molar-refractivity contribution is 5.52. The lowest BCUT2D eigenvalue weighted by Gasteiger charge is -2.12. The normalized spacial score (nSPS) is 19.6. The highest BCUT2D eigenvalue weighted by Crippen LogP contribution is 2.20. The molecule has 0 bridgehead atoms. The van der Waals surface area contributed by atoms with Crippen LogP contribution in [0.15, 0.2) is 28.7 Å². The minimum atomic E-state index is -0.315. The number of benzene rings is 1. The van der Waals surface area contributed by atoms with Gasteiger partial charge in [-0.3, -0.25) is 4.90 Å². The lowest BCUT2D eigenvalue weighted by molar-refractivity contribution is 0.106. The molecule has 1 fully saturated rings. The largest absolute Gasteiger partial charge is 0.419 e. The van der Waals surface area contributed by atoms with Crippen LogP contribution in [0.5, 0.6) is 0 Å². The maximum atomic E-state index is 13.2. The zero-order valence-electron chi connectivity index (χ0n) is 11.3. The van der Waals surface area contributed by atoms with E-state index in [1.165, 1.54) is 12.1 Å². The Labute approximate surface area is 116 Å². The van der Waals surface area contributed by atoms with Gasteiger partial charge in [0.1, 0.15) is 5.82 Å². The van der Waals surface area contributed by atoms with Gasteiger partial charge in [0.25, 0.3) is 0 Å². The topological polar surface area (TPSA) is 51.4 Å². The van der Waals surface area contributed by atoms with Gasteiger partial charge in [-0.15, -0.1) is 10.2 Å². The third kappa shape index (κ3) is 2.86. The number of hydrogen-bond donors (Lipinski definition) is 0. The zero-order chi connectivity index (χ0) is 13.9. The highest BCUT2D eigenvalue weighted by Gasteiger charge is 2.23. The summed E-state index contributed by atoms with van der Waals surface area (Å²) in [5.74, 6) is 0.577. The third-order valence-corrected chi connectivity index (χ3v) is 3.46. The smallest absolute Gasteiger partial charge is 0.247 e. The fraction of sp³-hybridized carbons (Fsp3) is 0.429. The molecule has 1 aromatic carbocycles. The summed E-state index contributed by atoms with van der Waals surface area (Å²) >= 11 is 0. The molecule has 0 aliphatic carbocycles. The lowest BCUT2D eigenvalue weighted by atomic mass is 10.2. The quantitative estimate of drug-likeness (QED) is 0.856. The van der Waals surface area contributed by atoms with Crippen molar-refractivity contribution in [3.8, 4) is 11.5 Å². The molecule has 1 aliphatic heterocycles. The molecule has 1 unspecified atom stereocenters. The highest BCUT2D eigenvalue weighted by atomic mass is 19.1. The summed E-state index contributed by atoms with van der Waals surface area (Å²) in [6.45, 7) is 2.42. The fourth-order valence-electron chi connectivity index (χ4n) is 2.38. The molecule has 0 radical (unpaired) electrons. The summed E-state index contributed by atoms with van der Waals surface area (Å²) in [5.41, 5.74) is 0.597. The van der Waals surface area contributed by atoms with Crippen LogP contribution < -0.4 is 0 Å². The lowest BCUT2D eigenvalue weighted by Crippen LogP contribution is -2.22. The van der Waals surface area contributed by atoms with Crippen molar-refractivity contribution in [1.82, 2.24) is 15.1 Å². The molecular weight excluding hydrogens is 261 g/mol. The number of ether oxygens (including phenoxy) is 1. The average molecular weight is 277 g/mol. The summed E-state index contributed by atoms with van der Waals surface area (Å²) in [4.78, 5) is 2.21. The molecule has 20 heavy (non-hydrogen) atoms. The van der Waals surface area contributed by atoms with Crippen molar-refractivity contribution >= 4 is 0 Å². The Balaban J connectivity index is 1.68. The molecule has 1 aliphatic rings. The number of nitrogens with zero attached hydrogens (tertiary/aromatic N) is 3. The molecule has 2 heterocycles. The molecule has 1 saturated heterocycles. The van der Waals surface area contributed by atoms with E-state index in [0.29, 0.717) is 23.9 Å². The Bertz CT molecular complexity index is 587. The van der Waals surface area contributed by atoms with Crippen LogP contribution in [0.25, 0.3) is 11.5 Å². The molecule has 0 amide bonds. The SMILES string of the molecule is COC1CCN(Cc2nnc(-c3cccc(F)c3)o2)C1. The summed E-state index contributed by atoms with van der Waals surface area (Å²) < 4.78 is 24.1. The van der Waals surface area contributed by atoms with E-state index >= 15 is 0 Å². The first kappa shape index (κ1) is 13.2. The van der Waals surface area contributed by atoms with E-state index in [4.69, 9.17) is 9.15 Å². The van der Waals surface area contributed by atoms with Crippen LogP contribution in [-0.4, -0.2) is 41.4 Å². The van der Waals surface area contributed by atoms with Crippen LogP contribution >= 0.6 is 0 Å². The van der Waals surface area contributed by atoms with Gasteiger partial charge in [-0.1, -0.05) is 6.07 Å². The van der Waals surface area contributed by atoms with E-state index in [1.807, 2.05) is 0 Å². The van der Waals surface area contributed by atoms with Gasteiger partial charge in [0.05, 0.1) is 12.6 Å². The monoisotopic (exact) mass is 277 g/mol. The van der Waals surface area contributed by atoms with Crippen molar-refractivity contribution in [2.75, 3.05) is 20.2 Å². The van der Waals surface area contributed by atoms with Gasteiger partial charge in [-0.25, -0.2) is 4.39 Å². The third-order valence-electron chi connectivity index (χ3n) is 3.46. The summed E-state index contributed by atoms with van der Waals surface area (Å²) in [7, 11) is 1.73. The standard InChI is InChI=1S/C14H16FN3O2/c1-19-12-5-6-18(8-12)9-13-16-17-14(20-13)10-3-2-4-11(15)7-10/h2-4,7,12H,5-6,8-9H2,1H3. The van der Waals surface area contributed by atoms with Crippen molar-refractivity contribution in [1.29, 1.82) is 0 Å². The number of rotatable bonds is 4. The first-order chi connectivity index (χ1) is 9.74. The number of halogens is 1. The summed E-state index contributed by atoms with van der Waals surface area (Å²) in [5, 5.41) is 7.98. The van der Waals surface area contributed by atoms with Gasteiger partial charge in [-0.2, -0.15) is 0 Å². The van der Waals surface area contributed by atoms with E-state index in [9.17, 15) is 4.39 Å². The predicted molar refractivity (Wildman–Crippen MR) is 70.4 cm³/mol. The van der Waals surface area contributed by atoms with Gasteiger partial charge in [0, 0.05) is 25.8 Å². The molecule has 2 aromatic rings. The second kappa shape index (κ2) is 5.68. The first-order valence-electron chi connectivity index (χ1n) is 6.58. The van der Waals surface area contributed by atoms with Crippen LogP contribution in [-0.2, 0) is 11.3 Å². The molecule has 3 rings (SSSR count). The van der Waals surface area contributed by atoms with Gasteiger partial charge in [0.15, 0.2) is 0 Å². The second-order valence-corrected chi connectivity index (χ2v) is 4.89. The number of aromatic nitrogens is 2. The molecule has 5 nitrogen and oxygen atoms in total. The molecule has 1 aromatic heterocycles. The Morgan fingerprint density at radius 2 is 2.35 bits per heavy atom. The van der Waals surface area contributed by atoms with Crippen LogP contribution in [0.1, 0.15) is 12.3 Å². The minimum absolute atomic E-state index is 0.278. The molecule has 0 N–H and O–H groups in total. The Kier molecular flexibility index (Phi) is 3.75. The zero-order valence-corrected chi connectivity index (χ0v) is 11.3. The molecule has 0 spiro atoms. The maximum Gasteiger partial charge on any atom is 0.247 e. The Morgan fingerprint density at radius 3 is 3.10 bits per heavy atom.